The lowest BCUT2D eigenvalue weighted by Crippen LogP contribution is -2.22. The molecule has 0 saturated heterocycles. The summed E-state index contributed by atoms with van der Waals surface area (Å²) in [4.78, 5) is 8.35. The molecule has 1 rings (SSSR count). The Balaban J connectivity index is 2.97. The molecule has 0 aliphatic carbocycles. The standard InChI is InChI=1S/C13H20F3N3O/c1-5-6-17-9-7-10(20-8-13(14,15)16)19-11(18-9)12(2,3)4/h7H,5-6,8H2,1-4H3,(H,17,18,19). The van der Waals surface area contributed by atoms with E-state index in [1.54, 1.807) is 0 Å². The molecule has 0 radical (unpaired) electrons. The number of anilines is 1. The van der Waals surface area contributed by atoms with Crippen LogP contribution in [0.15, 0.2) is 6.07 Å². The van der Waals surface area contributed by atoms with Crippen molar-refractivity contribution in [1.82, 2.24) is 9.97 Å². The second-order valence-corrected chi connectivity index (χ2v) is 5.50. The topological polar surface area (TPSA) is 47.0 Å². The lowest BCUT2D eigenvalue weighted by molar-refractivity contribution is -0.154. The van der Waals surface area contributed by atoms with E-state index in [-0.39, 0.29) is 11.3 Å². The summed E-state index contributed by atoms with van der Waals surface area (Å²) >= 11 is 0. The van der Waals surface area contributed by atoms with Gasteiger partial charge < -0.3 is 10.1 Å². The molecule has 0 aliphatic rings. The van der Waals surface area contributed by atoms with Crippen molar-refractivity contribution in [3.05, 3.63) is 11.9 Å². The maximum absolute atomic E-state index is 12.2. The highest BCUT2D eigenvalue weighted by Crippen LogP contribution is 2.24. The number of nitrogens with zero attached hydrogens (tertiary/aromatic N) is 2. The lowest BCUT2D eigenvalue weighted by atomic mass is 9.96. The van der Waals surface area contributed by atoms with Gasteiger partial charge in [0.2, 0.25) is 5.88 Å². The molecule has 0 spiro atoms. The summed E-state index contributed by atoms with van der Waals surface area (Å²) in [7, 11) is 0. The average Bonchev–Trinajstić information content (AvgIpc) is 2.32. The third-order valence-electron chi connectivity index (χ3n) is 2.31. The molecule has 1 aromatic rings. The van der Waals surface area contributed by atoms with Gasteiger partial charge in [-0.25, -0.2) is 4.98 Å². The molecule has 0 fully saturated rings. The molecule has 1 N–H and O–H groups in total. The molecular weight excluding hydrogens is 271 g/mol. The number of aromatic nitrogens is 2. The normalized spacial score (nSPS) is 12.3. The smallest absolute Gasteiger partial charge is 0.422 e. The minimum atomic E-state index is -4.39. The summed E-state index contributed by atoms with van der Waals surface area (Å²) in [6.45, 7) is 6.97. The van der Waals surface area contributed by atoms with Crippen LogP contribution in [-0.4, -0.2) is 29.3 Å². The van der Waals surface area contributed by atoms with Crippen LogP contribution >= 0.6 is 0 Å². The van der Waals surface area contributed by atoms with E-state index in [9.17, 15) is 13.2 Å². The minimum absolute atomic E-state index is 0.0687. The van der Waals surface area contributed by atoms with Gasteiger partial charge in [-0.05, 0) is 6.42 Å². The van der Waals surface area contributed by atoms with E-state index in [4.69, 9.17) is 4.74 Å². The summed E-state index contributed by atoms with van der Waals surface area (Å²) in [5.74, 6) is 0.848. The van der Waals surface area contributed by atoms with Crippen LogP contribution in [0.25, 0.3) is 0 Å². The van der Waals surface area contributed by atoms with E-state index < -0.39 is 12.8 Å². The molecule has 0 aromatic carbocycles. The maximum Gasteiger partial charge on any atom is 0.422 e. The number of halogens is 3. The Hall–Kier alpha value is -1.53. The summed E-state index contributed by atoms with van der Waals surface area (Å²) in [6, 6.07) is 1.39. The number of hydrogen-bond acceptors (Lipinski definition) is 4. The molecule has 1 heterocycles. The van der Waals surface area contributed by atoms with Gasteiger partial charge in [-0.2, -0.15) is 18.2 Å². The Bertz CT molecular complexity index is 441. The van der Waals surface area contributed by atoms with Crippen LogP contribution in [0.5, 0.6) is 5.88 Å². The van der Waals surface area contributed by atoms with E-state index in [0.717, 1.165) is 6.42 Å². The number of nitrogens with one attached hydrogen (secondary N) is 1. The molecule has 0 amide bonds. The summed E-state index contributed by atoms with van der Waals surface area (Å²) in [6.07, 6.45) is -3.50. The number of alkyl halides is 3. The van der Waals surface area contributed by atoms with E-state index in [0.29, 0.717) is 18.2 Å². The summed E-state index contributed by atoms with van der Waals surface area (Å²) < 4.78 is 41.3. The number of ether oxygens (including phenoxy) is 1. The average molecular weight is 291 g/mol. The van der Waals surface area contributed by atoms with Crippen LogP contribution in [0, 0.1) is 0 Å². The van der Waals surface area contributed by atoms with Crippen molar-refractivity contribution in [2.45, 2.75) is 45.7 Å². The first-order chi connectivity index (χ1) is 9.12. The van der Waals surface area contributed by atoms with Gasteiger partial charge >= 0.3 is 6.18 Å². The fraction of sp³-hybridized carbons (Fsp3) is 0.692. The van der Waals surface area contributed by atoms with Gasteiger partial charge in [0.25, 0.3) is 0 Å². The van der Waals surface area contributed by atoms with Crippen molar-refractivity contribution in [3.63, 3.8) is 0 Å². The van der Waals surface area contributed by atoms with Gasteiger partial charge in [-0.1, -0.05) is 27.7 Å². The number of rotatable bonds is 5. The Kier molecular flexibility index (Phi) is 5.19. The third kappa shape index (κ3) is 5.63. The van der Waals surface area contributed by atoms with Gasteiger partial charge in [0.15, 0.2) is 6.61 Å². The molecule has 0 aliphatic heterocycles. The van der Waals surface area contributed by atoms with Crippen molar-refractivity contribution >= 4 is 5.82 Å². The predicted molar refractivity (Wildman–Crippen MR) is 71.1 cm³/mol. The fourth-order valence-electron chi connectivity index (χ4n) is 1.33. The molecule has 0 atom stereocenters. The van der Waals surface area contributed by atoms with Crippen LogP contribution in [0.2, 0.25) is 0 Å². The molecule has 4 nitrogen and oxygen atoms in total. The molecule has 7 heteroatoms. The van der Waals surface area contributed by atoms with E-state index in [1.807, 2.05) is 27.7 Å². The molecule has 0 unspecified atom stereocenters. The second-order valence-electron chi connectivity index (χ2n) is 5.50. The Morgan fingerprint density at radius 3 is 2.35 bits per heavy atom. The zero-order valence-corrected chi connectivity index (χ0v) is 12.1. The van der Waals surface area contributed by atoms with Crippen LogP contribution in [0.1, 0.15) is 39.9 Å². The zero-order valence-electron chi connectivity index (χ0n) is 12.1. The molecule has 1 aromatic heterocycles. The lowest BCUT2D eigenvalue weighted by Gasteiger charge is -2.19. The monoisotopic (exact) mass is 291 g/mol. The molecule has 114 valence electrons. The van der Waals surface area contributed by atoms with E-state index in [2.05, 4.69) is 15.3 Å². The van der Waals surface area contributed by atoms with Crippen molar-refractivity contribution in [3.8, 4) is 5.88 Å². The predicted octanol–water partition coefficient (Wildman–Crippen LogP) is 3.54. The largest absolute Gasteiger partial charge is 0.468 e. The third-order valence-corrected chi connectivity index (χ3v) is 2.31. The number of hydrogen-bond donors (Lipinski definition) is 1. The molecular formula is C13H20F3N3O. The van der Waals surface area contributed by atoms with Crippen molar-refractivity contribution < 1.29 is 17.9 Å². The van der Waals surface area contributed by atoms with Crippen molar-refractivity contribution in [2.24, 2.45) is 0 Å². The first-order valence-electron chi connectivity index (χ1n) is 6.45. The Labute approximate surface area is 116 Å². The maximum atomic E-state index is 12.2. The van der Waals surface area contributed by atoms with Gasteiger partial charge in [0, 0.05) is 18.0 Å². The van der Waals surface area contributed by atoms with E-state index >= 15 is 0 Å². The Morgan fingerprint density at radius 2 is 1.85 bits per heavy atom. The SMILES string of the molecule is CCCNc1cc(OCC(F)(F)F)nc(C(C)(C)C)n1. The van der Waals surface area contributed by atoms with Crippen LogP contribution in [-0.2, 0) is 5.41 Å². The van der Waals surface area contributed by atoms with Gasteiger partial charge in [-0.3, -0.25) is 0 Å². The van der Waals surface area contributed by atoms with Gasteiger partial charge in [-0.15, -0.1) is 0 Å². The Morgan fingerprint density at radius 1 is 1.20 bits per heavy atom. The van der Waals surface area contributed by atoms with Crippen molar-refractivity contribution in [1.29, 1.82) is 0 Å². The summed E-state index contributed by atoms with van der Waals surface area (Å²) in [5.41, 5.74) is -0.375. The van der Waals surface area contributed by atoms with Gasteiger partial charge in [0.05, 0.1) is 0 Å². The van der Waals surface area contributed by atoms with Crippen LogP contribution < -0.4 is 10.1 Å². The van der Waals surface area contributed by atoms with Crippen LogP contribution in [0.3, 0.4) is 0 Å². The highest BCUT2D eigenvalue weighted by atomic mass is 19.4. The second kappa shape index (κ2) is 6.28. The quantitative estimate of drug-likeness (QED) is 0.901. The summed E-state index contributed by atoms with van der Waals surface area (Å²) in [5, 5.41) is 3.03. The fourth-order valence-corrected chi connectivity index (χ4v) is 1.33. The zero-order chi connectivity index (χ0) is 15.4. The first kappa shape index (κ1) is 16.5. The van der Waals surface area contributed by atoms with Gasteiger partial charge in [0.1, 0.15) is 11.6 Å². The molecule has 0 bridgehead atoms. The first-order valence-corrected chi connectivity index (χ1v) is 6.45. The highest BCUT2D eigenvalue weighted by Gasteiger charge is 2.29. The molecule has 0 saturated carbocycles. The highest BCUT2D eigenvalue weighted by molar-refractivity contribution is 5.39. The van der Waals surface area contributed by atoms with Crippen LogP contribution in [0.4, 0.5) is 19.0 Å². The minimum Gasteiger partial charge on any atom is -0.468 e. The van der Waals surface area contributed by atoms with E-state index in [1.165, 1.54) is 6.07 Å². The molecule has 20 heavy (non-hydrogen) atoms. The van der Waals surface area contributed by atoms with Crippen molar-refractivity contribution in [2.75, 3.05) is 18.5 Å².